The molecule has 1 fully saturated rings. The van der Waals surface area contributed by atoms with Crippen LogP contribution in [0.2, 0.25) is 0 Å². The van der Waals surface area contributed by atoms with E-state index in [0.29, 0.717) is 12.5 Å². The number of rotatable bonds is 6. The first-order valence-electron chi connectivity index (χ1n) is 6.23. The maximum Gasteiger partial charge on any atom is 0.352 e. The van der Waals surface area contributed by atoms with Crippen LogP contribution in [0.1, 0.15) is 30.3 Å². The highest BCUT2D eigenvalue weighted by Gasteiger charge is 2.27. The molecule has 0 aliphatic heterocycles. The van der Waals surface area contributed by atoms with Crippen LogP contribution in [0.4, 0.5) is 0 Å². The number of carbonyl (C=O) groups excluding carboxylic acids is 1. The van der Waals surface area contributed by atoms with Crippen molar-refractivity contribution in [2.75, 3.05) is 6.54 Å². The lowest BCUT2D eigenvalue weighted by Gasteiger charge is -2.12. The third kappa shape index (κ3) is 3.12. The van der Waals surface area contributed by atoms with E-state index in [4.69, 9.17) is 5.11 Å². The lowest BCUT2D eigenvalue weighted by molar-refractivity contribution is -0.121. The van der Waals surface area contributed by atoms with Crippen molar-refractivity contribution in [1.82, 2.24) is 9.88 Å². The van der Waals surface area contributed by atoms with Crippen molar-refractivity contribution in [3.63, 3.8) is 0 Å². The molecule has 2 N–H and O–H groups in total. The summed E-state index contributed by atoms with van der Waals surface area (Å²) in [5.74, 6) is 0.115. The fourth-order valence-corrected chi connectivity index (χ4v) is 2.06. The van der Waals surface area contributed by atoms with Gasteiger partial charge in [0.25, 0.3) is 0 Å². The normalized spacial score (nSPS) is 16.3. The third-order valence-corrected chi connectivity index (χ3v) is 3.41. The average molecular weight is 250 g/mol. The number of nitrogens with zero attached hydrogens (tertiary/aromatic N) is 1. The quantitative estimate of drug-likeness (QED) is 0.800. The van der Waals surface area contributed by atoms with Gasteiger partial charge in [0.15, 0.2) is 0 Å². The molecule has 1 aliphatic carbocycles. The van der Waals surface area contributed by atoms with E-state index >= 15 is 0 Å². The number of nitrogens with one attached hydrogen (secondary N) is 1. The summed E-state index contributed by atoms with van der Waals surface area (Å²) in [6, 6.07) is 3.12. The summed E-state index contributed by atoms with van der Waals surface area (Å²) in [5.41, 5.74) is 0.139. The molecule has 5 nitrogen and oxygen atoms in total. The molecule has 1 aromatic rings. The van der Waals surface area contributed by atoms with Crippen LogP contribution in [0.3, 0.4) is 0 Å². The number of carboxylic acids is 1. The van der Waals surface area contributed by atoms with Crippen LogP contribution in [0, 0.1) is 11.8 Å². The van der Waals surface area contributed by atoms with Crippen LogP contribution in [0.5, 0.6) is 0 Å². The van der Waals surface area contributed by atoms with Gasteiger partial charge in [-0.3, -0.25) is 4.79 Å². The summed E-state index contributed by atoms with van der Waals surface area (Å²) in [4.78, 5) is 22.6. The van der Waals surface area contributed by atoms with Crippen LogP contribution in [-0.4, -0.2) is 28.1 Å². The zero-order valence-electron chi connectivity index (χ0n) is 10.4. The second-order valence-corrected chi connectivity index (χ2v) is 4.95. The van der Waals surface area contributed by atoms with Gasteiger partial charge in [0.1, 0.15) is 12.2 Å². The Morgan fingerprint density at radius 3 is 2.89 bits per heavy atom. The van der Waals surface area contributed by atoms with Crippen LogP contribution >= 0.6 is 0 Å². The first-order chi connectivity index (χ1) is 8.58. The van der Waals surface area contributed by atoms with Gasteiger partial charge in [-0.25, -0.2) is 4.79 Å². The molecule has 1 unspecified atom stereocenters. The van der Waals surface area contributed by atoms with Crippen molar-refractivity contribution in [2.45, 2.75) is 26.3 Å². The van der Waals surface area contributed by atoms with Crippen molar-refractivity contribution < 1.29 is 14.7 Å². The van der Waals surface area contributed by atoms with Gasteiger partial charge in [0.2, 0.25) is 5.91 Å². The number of carboxylic acid groups (broad SMARTS) is 1. The molecule has 0 bridgehead atoms. The summed E-state index contributed by atoms with van der Waals surface area (Å²) in [7, 11) is 0. The Bertz CT molecular complexity index is 449. The van der Waals surface area contributed by atoms with E-state index < -0.39 is 5.97 Å². The van der Waals surface area contributed by atoms with Crippen LogP contribution in [0.15, 0.2) is 18.3 Å². The number of carbonyl (C=O) groups is 2. The predicted molar refractivity (Wildman–Crippen MR) is 66.3 cm³/mol. The maximum atomic E-state index is 11.7. The first-order valence-corrected chi connectivity index (χ1v) is 6.23. The minimum Gasteiger partial charge on any atom is -0.477 e. The monoisotopic (exact) mass is 250 g/mol. The fourth-order valence-electron chi connectivity index (χ4n) is 2.06. The molecule has 5 heteroatoms. The highest BCUT2D eigenvalue weighted by Crippen LogP contribution is 2.35. The summed E-state index contributed by atoms with van der Waals surface area (Å²) in [6.45, 7) is 2.87. The van der Waals surface area contributed by atoms with E-state index in [1.54, 1.807) is 12.3 Å². The smallest absolute Gasteiger partial charge is 0.352 e. The van der Waals surface area contributed by atoms with Crippen molar-refractivity contribution in [1.29, 1.82) is 0 Å². The molecule has 1 amide bonds. The van der Waals surface area contributed by atoms with Crippen molar-refractivity contribution in [3.8, 4) is 0 Å². The topological polar surface area (TPSA) is 71.3 Å². The molecular formula is C13H18N2O3. The molecule has 1 heterocycles. The van der Waals surface area contributed by atoms with E-state index in [2.05, 4.69) is 12.2 Å². The van der Waals surface area contributed by atoms with Crippen LogP contribution < -0.4 is 5.32 Å². The zero-order chi connectivity index (χ0) is 13.1. The van der Waals surface area contributed by atoms with Gasteiger partial charge in [0, 0.05) is 12.7 Å². The zero-order valence-corrected chi connectivity index (χ0v) is 10.4. The second kappa shape index (κ2) is 5.25. The molecule has 0 saturated heterocycles. The Labute approximate surface area is 106 Å². The number of aromatic nitrogens is 1. The van der Waals surface area contributed by atoms with Gasteiger partial charge in [-0.15, -0.1) is 0 Å². The fraction of sp³-hybridized carbons (Fsp3) is 0.538. The summed E-state index contributed by atoms with van der Waals surface area (Å²) >= 11 is 0. The molecule has 0 aromatic carbocycles. The Morgan fingerprint density at radius 1 is 1.56 bits per heavy atom. The van der Waals surface area contributed by atoms with Crippen molar-refractivity contribution in [2.24, 2.45) is 11.8 Å². The Hall–Kier alpha value is -1.78. The number of hydrogen-bond acceptors (Lipinski definition) is 2. The molecule has 1 aromatic heterocycles. The first kappa shape index (κ1) is 12.7. The van der Waals surface area contributed by atoms with E-state index in [9.17, 15) is 9.59 Å². The Morgan fingerprint density at radius 2 is 2.28 bits per heavy atom. The van der Waals surface area contributed by atoms with Gasteiger partial charge in [-0.05, 0) is 36.8 Å². The Kier molecular flexibility index (Phi) is 3.69. The summed E-state index contributed by atoms with van der Waals surface area (Å²) in [5, 5.41) is 11.8. The van der Waals surface area contributed by atoms with Crippen LogP contribution in [0.25, 0.3) is 0 Å². The highest BCUT2D eigenvalue weighted by atomic mass is 16.4. The number of amides is 1. The average Bonchev–Trinajstić information content (AvgIpc) is 3.07. The number of hydrogen-bond donors (Lipinski definition) is 2. The molecule has 1 atom stereocenters. The molecule has 0 radical (unpaired) electrons. The molecule has 1 aliphatic rings. The van der Waals surface area contributed by atoms with E-state index in [1.165, 1.54) is 23.5 Å². The van der Waals surface area contributed by atoms with Crippen LogP contribution in [-0.2, 0) is 11.3 Å². The Balaban J connectivity index is 1.82. The predicted octanol–water partition coefficient (Wildman–Crippen LogP) is 1.35. The summed E-state index contributed by atoms with van der Waals surface area (Å²) < 4.78 is 1.44. The summed E-state index contributed by atoms with van der Waals surface area (Å²) in [6.07, 6.45) is 4.13. The third-order valence-electron chi connectivity index (χ3n) is 3.41. The van der Waals surface area contributed by atoms with Gasteiger partial charge < -0.3 is 15.0 Å². The van der Waals surface area contributed by atoms with E-state index in [0.717, 1.165) is 5.92 Å². The minimum atomic E-state index is -1.01. The van der Waals surface area contributed by atoms with Gasteiger partial charge in [0.05, 0.1) is 0 Å². The maximum absolute atomic E-state index is 11.7. The molecule has 2 rings (SSSR count). The van der Waals surface area contributed by atoms with Gasteiger partial charge >= 0.3 is 5.97 Å². The van der Waals surface area contributed by atoms with Gasteiger partial charge in [-0.1, -0.05) is 6.92 Å². The highest BCUT2D eigenvalue weighted by molar-refractivity contribution is 5.86. The lowest BCUT2D eigenvalue weighted by atomic mass is 10.1. The molecule has 1 saturated carbocycles. The number of aromatic carboxylic acids is 1. The SMILES string of the molecule is CC(CNC(=O)Cn1cccc1C(=O)O)C1CC1. The molecular weight excluding hydrogens is 232 g/mol. The second-order valence-electron chi connectivity index (χ2n) is 4.95. The molecule has 0 spiro atoms. The largest absolute Gasteiger partial charge is 0.477 e. The van der Waals surface area contributed by atoms with Gasteiger partial charge in [-0.2, -0.15) is 0 Å². The molecule has 98 valence electrons. The van der Waals surface area contributed by atoms with Crippen molar-refractivity contribution >= 4 is 11.9 Å². The van der Waals surface area contributed by atoms with E-state index in [-0.39, 0.29) is 18.1 Å². The minimum absolute atomic E-state index is 0.0615. The standard InChI is InChI=1S/C13H18N2O3/c1-9(10-4-5-10)7-14-12(16)8-15-6-2-3-11(15)13(17)18/h2-3,6,9-10H,4-5,7-8H2,1H3,(H,14,16)(H,17,18). The molecule has 18 heavy (non-hydrogen) atoms. The van der Waals surface area contributed by atoms with Crippen molar-refractivity contribution in [3.05, 3.63) is 24.0 Å². The lowest BCUT2D eigenvalue weighted by Crippen LogP contribution is -2.32. The van der Waals surface area contributed by atoms with E-state index in [1.807, 2.05) is 0 Å².